The summed E-state index contributed by atoms with van der Waals surface area (Å²) in [5.74, 6) is 0. The maximum absolute atomic E-state index is 2.47. The molecule has 2 heterocycles. The molecule has 1 aromatic heterocycles. The first-order valence-electron chi connectivity index (χ1n) is 15.8. The van der Waals surface area contributed by atoms with Gasteiger partial charge in [-0.15, -0.1) is 0 Å². The van der Waals surface area contributed by atoms with Crippen LogP contribution < -0.4 is 0 Å². The molecule has 1 aliphatic heterocycles. The van der Waals surface area contributed by atoms with E-state index in [2.05, 4.69) is 168 Å². The second kappa shape index (κ2) is 9.97. The fourth-order valence-electron chi connectivity index (χ4n) is 7.48. The summed E-state index contributed by atoms with van der Waals surface area (Å²) in [4.78, 5) is 2.66. The number of para-hydroxylation sites is 2. The van der Waals surface area contributed by atoms with E-state index in [0.29, 0.717) is 0 Å². The van der Waals surface area contributed by atoms with E-state index in [1.54, 1.807) is 0 Å². The second-order valence-electron chi connectivity index (χ2n) is 12.1. The van der Waals surface area contributed by atoms with Gasteiger partial charge >= 0.3 is 0 Å². The van der Waals surface area contributed by atoms with Gasteiger partial charge in [0.2, 0.25) is 0 Å². The zero-order valence-electron chi connectivity index (χ0n) is 24.9. The highest BCUT2D eigenvalue weighted by molar-refractivity contribution is 7.99. The second-order valence-corrected chi connectivity index (χ2v) is 13.2. The molecule has 8 aromatic carbocycles. The number of benzene rings is 8. The van der Waals surface area contributed by atoms with Crippen LogP contribution in [0.4, 0.5) is 0 Å². The van der Waals surface area contributed by atoms with Crippen LogP contribution >= 0.6 is 11.8 Å². The third kappa shape index (κ3) is 3.77. The molecule has 0 saturated carbocycles. The molecule has 2 heteroatoms. The van der Waals surface area contributed by atoms with Crippen LogP contribution in [0.15, 0.2) is 174 Å². The van der Waals surface area contributed by atoms with Gasteiger partial charge in [0.05, 0.1) is 16.7 Å². The van der Waals surface area contributed by atoms with Gasteiger partial charge in [-0.3, -0.25) is 0 Å². The zero-order valence-corrected chi connectivity index (χ0v) is 25.8. The van der Waals surface area contributed by atoms with E-state index >= 15 is 0 Å². The molecular weight excluding hydrogens is 575 g/mol. The lowest BCUT2D eigenvalue weighted by Gasteiger charge is -2.21. The fourth-order valence-corrected chi connectivity index (χ4v) is 8.61. The minimum atomic E-state index is 1.19. The summed E-state index contributed by atoms with van der Waals surface area (Å²) < 4.78 is 2.47. The number of rotatable bonds is 3. The van der Waals surface area contributed by atoms with Crippen molar-refractivity contribution in [3.05, 3.63) is 164 Å². The summed E-state index contributed by atoms with van der Waals surface area (Å²) in [6.45, 7) is 0. The minimum absolute atomic E-state index is 1.19. The maximum atomic E-state index is 2.47. The third-order valence-electron chi connectivity index (χ3n) is 9.59. The number of nitrogens with zero attached hydrogens (tertiary/aromatic N) is 1. The molecule has 0 N–H and O–H groups in total. The monoisotopic (exact) mass is 601 g/mol. The van der Waals surface area contributed by atoms with Crippen molar-refractivity contribution in [1.82, 2.24) is 4.57 Å². The molecule has 0 spiro atoms. The first kappa shape index (κ1) is 25.7. The van der Waals surface area contributed by atoms with Crippen LogP contribution in [0.25, 0.3) is 82.4 Å². The standard InChI is InChI=1S/C44H27NS/c1-2-13-34-29(9-1)23-25-37-35-14-4-6-17-40(35)45(44(34)37)39-16-5-3-12-33(39)30-21-19-28(20-22-30)32-24-26-41-38(27-32)36-15-7-10-31-11-8-18-42(46-41)43(31)36/h1-27H. The molecule has 0 bridgehead atoms. The van der Waals surface area contributed by atoms with Gasteiger partial charge < -0.3 is 4.57 Å². The van der Waals surface area contributed by atoms with Crippen molar-refractivity contribution < 1.29 is 0 Å². The van der Waals surface area contributed by atoms with Crippen LogP contribution in [0.3, 0.4) is 0 Å². The highest BCUT2D eigenvalue weighted by atomic mass is 32.2. The van der Waals surface area contributed by atoms with E-state index in [-0.39, 0.29) is 0 Å². The van der Waals surface area contributed by atoms with Gasteiger partial charge in [-0.2, -0.15) is 0 Å². The van der Waals surface area contributed by atoms with Crippen LogP contribution in [-0.2, 0) is 0 Å². The first-order valence-corrected chi connectivity index (χ1v) is 16.6. The Kier molecular flexibility index (Phi) is 5.58. The Bertz CT molecular complexity index is 2660. The average Bonchev–Trinajstić information content (AvgIpc) is 3.47. The molecule has 0 radical (unpaired) electrons. The molecule has 0 fully saturated rings. The average molecular weight is 602 g/mol. The largest absolute Gasteiger partial charge is 0.308 e. The van der Waals surface area contributed by atoms with Crippen molar-refractivity contribution in [2.75, 3.05) is 0 Å². The predicted octanol–water partition coefficient (Wildman–Crippen LogP) is 12.6. The van der Waals surface area contributed by atoms with Gasteiger partial charge in [0.25, 0.3) is 0 Å². The summed E-state index contributed by atoms with van der Waals surface area (Å²) in [7, 11) is 0. The van der Waals surface area contributed by atoms with Gasteiger partial charge in [0.15, 0.2) is 0 Å². The molecule has 10 rings (SSSR count). The minimum Gasteiger partial charge on any atom is -0.308 e. The fraction of sp³-hybridized carbons (Fsp3) is 0. The van der Waals surface area contributed by atoms with E-state index in [1.807, 2.05) is 11.8 Å². The van der Waals surface area contributed by atoms with Gasteiger partial charge in [0.1, 0.15) is 0 Å². The smallest absolute Gasteiger partial charge is 0.0619 e. The highest BCUT2D eigenvalue weighted by Gasteiger charge is 2.20. The summed E-state index contributed by atoms with van der Waals surface area (Å²) in [5.41, 5.74) is 11.2. The van der Waals surface area contributed by atoms with Gasteiger partial charge in [-0.25, -0.2) is 0 Å². The van der Waals surface area contributed by atoms with E-state index in [1.165, 1.54) is 92.2 Å². The summed E-state index contributed by atoms with van der Waals surface area (Å²) >= 11 is 1.88. The maximum Gasteiger partial charge on any atom is 0.0619 e. The molecule has 0 saturated heterocycles. The molecule has 0 unspecified atom stereocenters. The topological polar surface area (TPSA) is 4.93 Å². The lowest BCUT2D eigenvalue weighted by molar-refractivity contribution is 1.19. The van der Waals surface area contributed by atoms with E-state index in [9.17, 15) is 0 Å². The Labute approximate surface area is 271 Å². The van der Waals surface area contributed by atoms with Crippen molar-refractivity contribution in [3.8, 4) is 39.1 Å². The molecule has 1 aliphatic rings. The molecule has 214 valence electrons. The van der Waals surface area contributed by atoms with Crippen LogP contribution in [-0.4, -0.2) is 4.57 Å². The first-order chi connectivity index (χ1) is 22.8. The molecule has 0 amide bonds. The van der Waals surface area contributed by atoms with Crippen LogP contribution in [0.5, 0.6) is 0 Å². The van der Waals surface area contributed by atoms with Crippen molar-refractivity contribution in [1.29, 1.82) is 0 Å². The van der Waals surface area contributed by atoms with E-state index in [4.69, 9.17) is 0 Å². The predicted molar refractivity (Wildman–Crippen MR) is 196 cm³/mol. The Balaban J connectivity index is 1.11. The van der Waals surface area contributed by atoms with Crippen LogP contribution in [0.2, 0.25) is 0 Å². The third-order valence-corrected chi connectivity index (χ3v) is 10.7. The SMILES string of the molecule is c1ccc(-n2c3ccccc3c3ccc4ccccc4c32)c(-c2ccc(-c3ccc4c(c3)-c3cccc5cccc(c35)S4)cc2)c1. The normalized spacial score (nSPS) is 12.3. The zero-order chi connectivity index (χ0) is 30.2. The van der Waals surface area contributed by atoms with Gasteiger partial charge in [-0.1, -0.05) is 145 Å². The van der Waals surface area contributed by atoms with Crippen LogP contribution in [0, 0.1) is 0 Å². The van der Waals surface area contributed by atoms with Crippen molar-refractivity contribution in [2.45, 2.75) is 9.79 Å². The number of hydrogen-bond acceptors (Lipinski definition) is 1. The summed E-state index contributed by atoms with van der Waals surface area (Å²) in [6.07, 6.45) is 0. The lowest BCUT2D eigenvalue weighted by atomic mass is 9.94. The van der Waals surface area contributed by atoms with E-state index in [0.717, 1.165) is 0 Å². The summed E-state index contributed by atoms with van der Waals surface area (Å²) in [6, 6.07) is 60.2. The van der Waals surface area contributed by atoms with Crippen molar-refractivity contribution in [2.24, 2.45) is 0 Å². The Morgan fingerprint density at radius 2 is 1.09 bits per heavy atom. The van der Waals surface area contributed by atoms with Gasteiger partial charge in [0, 0.05) is 36.9 Å². The Morgan fingerprint density at radius 1 is 0.391 bits per heavy atom. The molecule has 1 nitrogen and oxygen atoms in total. The highest BCUT2D eigenvalue weighted by Crippen LogP contribution is 2.49. The number of aromatic nitrogens is 1. The Hall–Kier alpha value is -5.57. The molecule has 0 atom stereocenters. The van der Waals surface area contributed by atoms with E-state index < -0.39 is 0 Å². The number of fused-ring (bicyclic) bond motifs is 7. The van der Waals surface area contributed by atoms with Crippen molar-refractivity contribution in [3.63, 3.8) is 0 Å². The molecule has 46 heavy (non-hydrogen) atoms. The van der Waals surface area contributed by atoms with Gasteiger partial charge in [-0.05, 0) is 68.9 Å². The lowest BCUT2D eigenvalue weighted by Crippen LogP contribution is -1.97. The quantitative estimate of drug-likeness (QED) is 0.195. The molecular formula is C44H27NS. The van der Waals surface area contributed by atoms with Crippen LogP contribution in [0.1, 0.15) is 0 Å². The summed E-state index contributed by atoms with van der Waals surface area (Å²) in [5, 5.41) is 7.75. The molecule has 9 aromatic rings. The van der Waals surface area contributed by atoms with Crippen molar-refractivity contribution >= 4 is 55.1 Å². The Morgan fingerprint density at radius 3 is 2.00 bits per heavy atom. The number of hydrogen-bond donors (Lipinski definition) is 0. The molecule has 0 aliphatic carbocycles.